The third-order valence-electron chi connectivity index (χ3n) is 20.9. The topological polar surface area (TPSA) is 214 Å². The molecule has 584 valence electrons. The molecule has 9 atom stereocenters. The van der Waals surface area contributed by atoms with E-state index in [9.17, 15) is 39.6 Å². The number of aliphatic hydroxyl groups is 4. The minimum absolute atomic E-state index is 0.00254. The maximum absolute atomic E-state index is 14.4. The fourth-order valence-electron chi connectivity index (χ4n) is 14.3. The van der Waals surface area contributed by atoms with Crippen LogP contribution in [0.3, 0.4) is 0 Å². The molecule has 0 saturated carbocycles. The van der Waals surface area contributed by atoms with Gasteiger partial charge in [-0.25, -0.2) is 0 Å². The van der Waals surface area contributed by atoms with Gasteiger partial charge < -0.3 is 53.6 Å². The largest absolute Gasteiger partial charge is 0.463 e. The second-order valence-electron chi connectivity index (χ2n) is 30.3. The number of esters is 4. The number of carbonyl (C=O) groups excluding carboxylic acids is 4. The number of rotatable bonds is 73. The van der Waals surface area contributed by atoms with Gasteiger partial charge in [-0.05, 0) is 25.7 Å². The van der Waals surface area contributed by atoms with E-state index in [2.05, 4.69) is 27.7 Å². The van der Waals surface area contributed by atoms with Gasteiger partial charge in [0.2, 0.25) is 5.79 Å². The molecule has 0 radical (unpaired) electrons. The van der Waals surface area contributed by atoms with Crippen LogP contribution < -0.4 is 0 Å². The standard InChI is InChI=1S/C84H158O15/c1-5-9-13-17-21-25-29-33-37-41-45-49-53-57-61-65-74(86)93-70-73-81(96-76(88)67-63-59-55-51-47-43-39-35-31-27-23-19-15-11-7-3)82(97-77(89)68-64-60-56-52-48-44-40-36-32-28-24-20-16-12-8-4)84(98-73,99-83-80(92)79(91)78(90)72(69-85)95-83)71-94-75(87)66-62-58-54-50-46-42-38-34-30-26-22-18-14-10-6-2/h72-73,78-83,85,90-92H,5-71H2,1-4H3/t72-,73-,78-,79+,80-,81-,82+,83-,84+/m1/s1. The Labute approximate surface area is 607 Å². The van der Waals surface area contributed by atoms with Crippen LogP contribution in [0.5, 0.6) is 0 Å². The molecule has 0 aromatic heterocycles. The molecule has 2 saturated heterocycles. The molecular weight excluding hydrogens is 1250 g/mol. The van der Waals surface area contributed by atoms with Crippen LogP contribution >= 0.6 is 0 Å². The highest BCUT2D eigenvalue weighted by atomic mass is 16.8. The molecule has 15 nitrogen and oxygen atoms in total. The fourth-order valence-corrected chi connectivity index (χ4v) is 14.3. The van der Waals surface area contributed by atoms with E-state index < -0.39 is 98.5 Å². The van der Waals surface area contributed by atoms with Crippen molar-refractivity contribution in [2.45, 2.75) is 493 Å². The SMILES string of the molecule is CCCCCCCCCCCCCCCCCC(=O)OC[C@H]1O[C@@](COC(=O)CCCCCCCCCCCCCCCCC)(O[C@H]2O[C@H](CO)[C@@H](O)[C@H](O)[C@H]2O)[C@@H](OC(=O)CCCCCCCCCCCCCCCCC)[C@@H]1OC(=O)CCCCCCCCCCCCCCCCC. The molecule has 0 aromatic rings. The van der Waals surface area contributed by atoms with E-state index in [1.165, 1.54) is 263 Å². The van der Waals surface area contributed by atoms with Crippen LogP contribution in [0.15, 0.2) is 0 Å². The van der Waals surface area contributed by atoms with Crippen molar-refractivity contribution in [3.8, 4) is 0 Å². The molecule has 0 unspecified atom stereocenters. The Balaban J connectivity index is 2.31. The summed E-state index contributed by atoms with van der Waals surface area (Å²) in [6.07, 6.45) is 57.3. The van der Waals surface area contributed by atoms with Crippen LogP contribution in [-0.4, -0.2) is 119 Å². The highest BCUT2D eigenvalue weighted by Gasteiger charge is 2.64. The van der Waals surface area contributed by atoms with E-state index in [0.29, 0.717) is 25.7 Å². The van der Waals surface area contributed by atoms with Crippen LogP contribution in [0.4, 0.5) is 0 Å². The molecule has 2 aliphatic heterocycles. The van der Waals surface area contributed by atoms with Gasteiger partial charge in [0.1, 0.15) is 43.7 Å². The predicted octanol–water partition coefficient (Wildman–Crippen LogP) is 21.9. The van der Waals surface area contributed by atoms with Crippen molar-refractivity contribution in [1.29, 1.82) is 0 Å². The highest BCUT2D eigenvalue weighted by Crippen LogP contribution is 2.41. The average molecular weight is 1410 g/mol. The van der Waals surface area contributed by atoms with E-state index in [1.54, 1.807) is 0 Å². The van der Waals surface area contributed by atoms with Gasteiger partial charge in [0, 0.05) is 25.7 Å². The lowest BCUT2D eigenvalue weighted by Gasteiger charge is -2.43. The molecule has 2 fully saturated rings. The monoisotopic (exact) mass is 1410 g/mol. The normalized spacial score (nSPS) is 20.8. The quantitative estimate of drug-likeness (QED) is 0.0253. The minimum Gasteiger partial charge on any atom is -0.463 e. The zero-order valence-electron chi connectivity index (χ0n) is 64.8. The Morgan fingerprint density at radius 3 is 0.869 bits per heavy atom. The Morgan fingerprint density at radius 1 is 0.313 bits per heavy atom. The molecule has 2 aliphatic rings. The lowest BCUT2D eigenvalue weighted by Crippen LogP contribution is -2.63. The van der Waals surface area contributed by atoms with Gasteiger partial charge in [0.15, 0.2) is 18.5 Å². The summed E-state index contributed by atoms with van der Waals surface area (Å²) in [7, 11) is 0. The molecule has 0 spiro atoms. The van der Waals surface area contributed by atoms with Crippen molar-refractivity contribution < 1.29 is 72.8 Å². The van der Waals surface area contributed by atoms with Crippen molar-refractivity contribution >= 4 is 23.9 Å². The first kappa shape index (κ1) is 92.7. The van der Waals surface area contributed by atoms with E-state index in [0.717, 1.165) is 96.3 Å². The predicted molar refractivity (Wildman–Crippen MR) is 402 cm³/mol. The van der Waals surface area contributed by atoms with Crippen molar-refractivity contribution in [2.24, 2.45) is 0 Å². The minimum atomic E-state index is -2.38. The summed E-state index contributed by atoms with van der Waals surface area (Å²) < 4.78 is 43.9. The van der Waals surface area contributed by atoms with Gasteiger partial charge in [0.05, 0.1) is 6.61 Å². The molecule has 15 heteroatoms. The van der Waals surface area contributed by atoms with Gasteiger partial charge in [0.25, 0.3) is 0 Å². The summed E-state index contributed by atoms with van der Waals surface area (Å²) in [5.41, 5.74) is 0. The van der Waals surface area contributed by atoms with Crippen molar-refractivity contribution in [3.05, 3.63) is 0 Å². The van der Waals surface area contributed by atoms with Gasteiger partial charge in [-0.3, -0.25) is 19.2 Å². The molecule has 0 amide bonds. The summed E-state index contributed by atoms with van der Waals surface area (Å²) in [4.78, 5) is 56.2. The summed E-state index contributed by atoms with van der Waals surface area (Å²) >= 11 is 0. The molecule has 0 bridgehead atoms. The zero-order valence-corrected chi connectivity index (χ0v) is 64.8. The van der Waals surface area contributed by atoms with Crippen molar-refractivity contribution in [1.82, 2.24) is 0 Å². The van der Waals surface area contributed by atoms with Gasteiger partial charge in [-0.1, -0.05) is 387 Å². The highest BCUT2D eigenvalue weighted by molar-refractivity contribution is 5.71. The number of aliphatic hydroxyl groups excluding tert-OH is 4. The first-order valence-corrected chi connectivity index (χ1v) is 42.8. The number of hydrogen-bond donors (Lipinski definition) is 4. The summed E-state index contributed by atoms with van der Waals surface area (Å²) in [5.74, 6) is -4.70. The third-order valence-corrected chi connectivity index (χ3v) is 20.9. The lowest BCUT2D eigenvalue weighted by atomic mass is 9.98. The summed E-state index contributed by atoms with van der Waals surface area (Å²) in [6, 6.07) is 0. The zero-order chi connectivity index (χ0) is 71.8. The maximum atomic E-state index is 14.4. The number of carbonyl (C=O) groups is 4. The number of hydrogen-bond acceptors (Lipinski definition) is 15. The first-order valence-electron chi connectivity index (χ1n) is 42.8. The average Bonchev–Trinajstić information content (AvgIpc) is 1.62. The molecule has 0 aliphatic carbocycles. The number of ether oxygens (including phenoxy) is 7. The Hall–Kier alpha value is -2.40. The number of unbranched alkanes of at least 4 members (excludes halogenated alkanes) is 56. The van der Waals surface area contributed by atoms with E-state index in [-0.39, 0.29) is 25.7 Å². The van der Waals surface area contributed by atoms with E-state index in [1.807, 2.05) is 0 Å². The second-order valence-corrected chi connectivity index (χ2v) is 30.3. The molecule has 2 rings (SSSR count). The van der Waals surface area contributed by atoms with Crippen molar-refractivity contribution in [3.63, 3.8) is 0 Å². The van der Waals surface area contributed by atoms with Crippen LogP contribution in [0.2, 0.25) is 0 Å². The Morgan fingerprint density at radius 2 is 0.576 bits per heavy atom. The van der Waals surface area contributed by atoms with Crippen molar-refractivity contribution in [2.75, 3.05) is 19.8 Å². The van der Waals surface area contributed by atoms with Gasteiger partial charge in [-0.2, -0.15) is 0 Å². The Bertz CT molecular complexity index is 1830. The first-order chi connectivity index (χ1) is 48.5. The molecule has 4 N–H and O–H groups in total. The molecule has 2 heterocycles. The Kier molecular flexibility index (Phi) is 62.1. The summed E-state index contributed by atoms with van der Waals surface area (Å²) in [6.45, 7) is 7.06. The van der Waals surface area contributed by atoms with E-state index >= 15 is 0 Å². The van der Waals surface area contributed by atoms with Gasteiger partial charge in [-0.15, -0.1) is 0 Å². The molecule has 99 heavy (non-hydrogen) atoms. The third kappa shape index (κ3) is 49.1. The van der Waals surface area contributed by atoms with Crippen LogP contribution in [0.1, 0.15) is 439 Å². The summed E-state index contributed by atoms with van der Waals surface area (Å²) in [5, 5.41) is 43.8. The van der Waals surface area contributed by atoms with Crippen LogP contribution in [0.25, 0.3) is 0 Å². The second kappa shape index (κ2) is 66.3. The van der Waals surface area contributed by atoms with E-state index in [4.69, 9.17) is 33.2 Å². The molecular formula is C84H158O15. The lowest BCUT2D eigenvalue weighted by molar-refractivity contribution is -0.384. The van der Waals surface area contributed by atoms with Gasteiger partial charge >= 0.3 is 23.9 Å². The fraction of sp³-hybridized carbons (Fsp3) is 0.952. The maximum Gasteiger partial charge on any atom is 0.306 e. The van der Waals surface area contributed by atoms with Crippen LogP contribution in [0, 0.1) is 0 Å². The van der Waals surface area contributed by atoms with Crippen LogP contribution in [-0.2, 0) is 52.3 Å². The smallest absolute Gasteiger partial charge is 0.306 e. The molecule has 0 aromatic carbocycles.